The van der Waals surface area contributed by atoms with Gasteiger partial charge in [0, 0.05) is 32.7 Å². The van der Waals surface area contributed by atoms with Crippen LogP contribution in [0.15, 0.2) is 71.6 Å². The van der Waals surface area contributed by atoms with Crippen molar-refractivity contribution >= 4 is 20.8 Å². The molecule has 0 aromatic heterocycles. The van der Waals surface area contributed by atoms with Gasteiger partial charge in [-0.2, -0.15) is 0 Å². The topological polar surface area (TPSA) is 72.9 Å². The second-order valence-corrected chi connectivity index (χ2v) is 9.96. The van der Waals surface area contributed by atoms with Crippen molar-refractivity contribution in [2.45, 2.75) is 17.0 Å². The highest BCUT2D eigenvalue weighted by Gasteiger charge is 2.41. The molecule has 7 heteroatoms. The van der Waals surface area contributed by atoms with Crippen LogP contribution in [0.1, 0.15) is 23.2 Å². The van der Waals surface area contributed by atoms with E-state index < -0.39 is 10.0 Å². The van der Waals surface area contributed by atoms with E-state index in [1.165, 1.54) is 5.56 Å². The maximum Gasteiger partial charge on any atom is 0.241 e. The van der Waals surface area contributed by atoms with Gasteiger partial charge in [-0.25, -0.2) is 13.1 Å². The van der Waals surface area contributed by atoms with Gasteiger partial charge in [0.15, 0.2) is 0 Å². The SMILES string of the molecule is O=S(=O)(N[C@@H]1c2cccc3cccc(c23)[C@@H]1N1CCN(CCO)CC1)c1ccccc1. The van der Waals surface area contributed by atoms with E-state index in [1.807, 2.05) is 18.2 Å². The van der Waals surface area contributed by atoms with Crippen LogP contribution in [0.25, 0.3) is 10.8 Å². The van der Waals surface area contributed by atoms with E-state index in [-0.39, 0.29) is 23.6 Å². The van der Waals surface area contributed by atoms with Gasteiger partial charge in [0.1, 0.15) is 0 Å². The van der Waals surface area contributed by atoms with Crippen LogP contribution in [0, 0.1) is 0 Å². The Morgan fingerprint density at radius 3 is 2.23 bits per heavy atom. The number of nitrogens with zero attached hydrogens (tertiary/aromatic N) is 2. The molecule has 2 aliphatic rings. The highest BCUT2D eigenvalue weighted by atomic mass is 32.2. The normalized spacial score (nSPS) is 22.2. The van der Waals surface area contributed by atoms with E-state index >= 15 is 0 Å². The Hall–Kier alpha value is -2.29. The van der Waals surface area contributed by atoms with E-state index in [9.17, 15) is 13.5 Å². The van der Waals surface area contributed by atoms with Gasteiger partial charge in [0.25, 0.3) is 0 Å². The van der Waals surface area contributed by atoms with Gasteiger partial charge in [-0.3, -0.25) is 9.80 Å². The average Bonchev–Trinajstić information content (AvgIpc) is 3.10. The Morgan fingerprint density at radius 2 is 1.55 bits per heavy atom. The lowest BCUT2D eigenvalue weighted by molar-refractivity contribution is 0.0743. The Bertz CT molecular complexity index is 1170. The van der Waals surface area contributed by atoms with E-state index in [2.05, 4.69) is 38.8 Å². The average molecular weight is 438 g/mol. The molecule has 5 rings (SSSR count). The first-order valence-corrected chi connectivity index (χ1v) is 12.2. The summed E-state index contributed by atoms with van der Waals surface area (Å²) in [6, 6.07) is 20.6. The molecule has 2 N–H and O–H groups in total. The van der Waals surface area contributed by atoms with Crippen LogP contribution in [0.3, 0.4) is 0 Å². The third-order valence-electron chi connectivity index (χ3n) is 6.49. The van der Waals surface area contributed by atoms with E-state index in [0.717, 1.165) is 42.5 Å². The summed E-state index contributed by atoms with van der Waals surface area (Å²) in [7, 11) is -3.67. The number of hydrogen-bond acceptors (Lipinski definition) is 5. The van der Waals surface area contributed by atoms with E-state index in [4.69, 9.17) is 0 Å². The molecule has 3 aromatic carbocycles. The molecular weight excluding hydrogens is 410 g/mol. The van der Waals surface area contributed by atoms with Crippen LogP contribution >= 0.6 is 0 Å². The molecule has 0 saturated carbocycles. The van der Waals surface area contributed by atoms with Gasteiger partial charge < -0.3 is 5.11 Å². The van der Waals surface area contributed by atoms with Crippen LogP contribution in [-0.4, -0.2) is 62.7 Å². The standard InChI is InChI=1S/C24H27N3O3S/c28-17-16-26-12-14-27(15-13-26)24-21-11-5-7-18-6-4-10-20(22(18)21)23(24)25-31(29,30)19-8-2-1-3-9-19/h1-11,23-25,28H,12-17H2/t23-,24+/m1/s1. The van der Waals surface area contributed by atoms with Crippen molar-refractivity contribution in [1.82, 2.24) is 14.5 Å². The van der Waals surface area contributed by atoms with Crippen LogP contribution in [0.4, 0.5) is 0 Å². The smallest absolute Gasteiger partial charge is 0.241 e. The maximum absolute atomic E-state index is 13.3. The number of benzene rings is 3. The molecule has 6 nitrogen and oxygen atoms in total. The van der Waals surface area contributed by atoms with Gasteiger partial charge in [0.2, 0.25) is 10.0 Å². The molecular formula is C24H27N3O3S. The summed E-state index contributed by atoms with van der Waals surface area (Å²) < 4.78 is 29.6. The Kier molecular flexibility index (Phi) is 5.54. The zero-order valence-corrected chi connectivity index (χ0v) is 18.1. The zero-order valence-electron chi connectivity index (χ0n) is 17.3. The molecule has 0 radical (unpaired) electrons. The number of aliphatic hydroxyl groups excluding tert-OH is 1. The summed E-state index contributed by atoms with van der Waals surface area (Å²) in [5.41, 5.74) is 2.22. The van der Waals surface area contributed by atoms with Crippen molar-refractivity contribution in [2.75, 3.05) is 39.3 Å². The third-order valence-corrected chi connectivity index (χ3v) is 7.95. The summed E-state index contributed by atoms with van der Waals surface area (Å²) in [5, 5.41) is 11.6. The largest absolute Gasteiger partial charge is 0.395 e. The minimum Gasteiger partial charge on any atom is -0.395 e. The maximum atomic E-state index is 13.3. The molecule has 1 fully saturated rings. The molecule has 1 aliphatic heterocycles. The molecule has 162 valence electrons. The highest BCUT2D eigenvalue weighted by molar-refractivity contribution is 7.89. The fourth-order valence-electron chi connectivity index (χ4n) is 5.03. The number of sulfonamides is 1. The minimum absolute atomic E-state index is 0.0594. The predicted molar refractivity (Wildman–Crippen MR) is 121 cm³/mol. The van der Waals surface area contributed by atoms with Crippen molar-refractivity contribution in [3.8, 4) is 0 Å². The molecule has 0 unspecified atom stereocenters. The lowest BCUT2D eigenvalue weighted by Gasteiger charge is -2.40. The van der Waals surface area contributed by atoms with Crippen LogP contribution in [0.5, 0.6) is 0 Å². The first kappa shape index (κ1) is 20.6. The summed E-state index contributed by atoms with van der Waals surface area (Å²) in [4.78, 5) is 4.92. The predicted octanol–water partition coefficient (Wildman–Crippen LogP) is 2.52. The number of piperazine rings is 1. The van der Waals surface area contributed by atoms with Gasteiger partial charge >= 0.3 is 0 Å². The van der Waals surface area contributed by atoms with Gasteiger partial charge in [0.05, 0.1) is 23.6 Å². The fourth-order valence-corrected chi connectivity index (χ4v) is 6.27. The molecule has 0 amide bonds. The lowest BCUT2D eigenvalue weighted by atomic mass is 10.0. The first-order valence-electron chi connectivity index (χ1n) is 10.7. The Morgan fingerprint density at radius 1 is 0.871 bits per heavy atom. The molecule has 3 aromatic rings. The first-order chi connectivity index (χ1) is 15.1. The lowest BCUT2D eigenvalue weighted by Crippen LogP contribution is -2.50. The van der Waals surface area contributed by atoms with Gasteiger partial charge in [-0.1, -0.05) is 54.6 Å². The van der Waals surface area contributed by atoms with Crippen molar-refractivity contribution in [3.05, 3.63) is 77.9 Å². The number of aliphatic hydroxyl groups is 1. The molecule has 0 spiro atoms. The molecule has 1 aliphatic carbocycles. The summed E-state index contributed by atoms with van der Waals surface area (Å²) in [5.74, 6) is 0. The monoisotopic (exact) mass is 437 g/mol. The Balaban J connectivity index is 1.53. The second kappa shape index (κ2) is 8.33. The van der Waals surface area contributed by atoms with Crippen molar-refractivity contribution in [1.29, 1.82) is 0 Å². The zero-order chi connectivity index (χ0) is 21.4. The van der Waals surface area contributed by atoms with Crippen molar-refractivity contribution in [2.24, 2.45) is 0 Å². The summed E-state index contributed by atoms with van der Waals surface area (Å²) in [6.07, 6.45) is 0. The Labute approximate surface area is 183 Å². The van der Waals surface area contributed by atoms with Gasteiger partial charge in [-0.05, 0) is 34.0 Å². The number of rotatable bonds is 6. The van der Waals surface area contributed by atoms with Crippen LogP contribution in [-0.2, 0) is 10.0 Å². The second-order valence-electron chi connectivity index (χ2n) is 8.25. The highest BCUT2D eigenvalue weighted by Crippen LogP contribution is 2.47. The number of nitrogens with one attached hydrogen (secondary N) is 1. The summed E-state index contributed by atoms with van der Waals surface area (Å²) in [6.45, 7) is 4.23. The van der Waals surface area contributed by atoms with E-state index in [0.29, 0.717) is 6.54 Å². The molecule has 2 atom stereocenters. The van der Waals surface area contributed by atoms with Crippen molar-refractivity contribution < 1.29 is 13.5 Å². The van der Waals surface area contributed by atoms with Crippen LogP contribution in [0.2, 0.25) is 0 Å². The number of β-amino-alcohol motifs (C(OH)–C–C–N with tert-alkyl or cyclic N) is 1. The quantitative estimate of drug-likeness (QED) is 0.620. The third kappa shape index (κ3) is 3.77. The van der Waals surface area contributed by atoms with Crippen LogP contribution < -0.4 is 4.72 Å². The van der Waals surface area contributed by atoms with Gasteiger partial charge in [-0.15, -0.1) is 0 Å². The minimum atomic E-state index is -3.67. The molecule has 31 heavy (non-hydrogen) atoms. The number of hydrogen-bond donors (Lipinski definition) is 2. The fraction of sp³-hybridized carbons (Fsp3) is 0.333. The molecule has 1 saturated heterocycles. The molecule has 1 heterocycles. The van der Waals surface area contributed by atoms with E-state index in [1.54, 1.807) is 24.3 Å². The summed E-state index contributed by atoms with van der Waals surface area (Å²) >= 11 is 0. The molecule has 0 bridgehead atoms. The van der Waals surface area contributed by atoms with Crippen molar-refractivity contribution in [3.63, 3.8) is 0 Å².